The number of nitrogens with one attached hydrogen (secondary N) is 1. The van der Waals surface area contributed by atoms with Gasteiger partial charge in [-0.25, -0.2) is 0 Å². The highest BCUT2D eigenvalue weighted by molar-refractivity contribution is 6.52. The summed E-state index contributed by atoms with van der Waals surface area (Å²) in [7, 11) is 17.6. The molecule has 6 radical (unpaired) electrons. The monoisotopic (exact) mass is 303 g/mol. The molecule has 1 aromatic rings. The molecular weight excluding hydrogens is 291 g/mol. The minimum Gasteiger partial charge on any atom is -0.398 e. The Labute approximate surface area is 137 Å². The summed E-state index contributed by atoms with van der Waals surface area (Å²) in [5.74, 6) is -2.04. The summed E-state index contributed by atoms with van der Waals surface area (Å²) < 4.78 is 0. The van der Waals surface area contributed by atoms with Crippen LogP contribution in [0.2, 0.25) is 5.21 Å². The molecule has 2 aliphatic heterocycles. The molecular formula is C14H12B3N3O3. The summed E-state index contributed by atoms with van der Waals surface area (Å²) in [4.78, 5) is 38.1. The predicted molar refractivity (Wildman–Crippen MR) is 85.8 cm³/mol. The van der Waals surface area contributed by atoms with Crippen LogP contribution >= 0.6 is 0 Å². The van der Waals surface area contributed by atoms with Gasteiger partial charge >= 0.3 is 0 Å². The zero-order chi connectivity index (χ0) is 17.0. The van der Waals surface area contributed by atoms with Crippen molar-refractivity contribution in [2.45, 2.75) is 30.0 Å². The minimum absolute atomic E-state index is 0.0444. The largest absolute Gasteiger partial charge is 0.398 e. The average Bonchev–Trinajstić information content (AvgIpc) is 2.80. The lowest BCUT2D eigenvalue weighted by atomic mass is 9.51. The number of hydrogen-bond acceptors (Lipinski definition) is 4. The first kappa shape index (κ1) is 15.7. The lowest BCUT2D eigenvalue weighted by Crippen LogP contribution is -2.59. The first-order valence-electron chi connectivity index (χ1n) is 7.09. The van der Waals surface area contributed by atoms with Crippen LogP contribution in [0.15, 0.2) is 18.2 Å². The first-order valence-corrected chi connectivity index (χ1v) is 7.09. The van der Waals surface area contributed by atoms with Gasteiger partial charge in [0, 0.05) is 23.4 Å². The second kappa shape index (κ2) is 4.91. The number of benzene rings is 1. The first-order chi connectivity index (χ1) is 10.7. The molecule has 3 rings (SSSR count). The molecule has 0 saturated carbocycles. The van der Waals surface area contributed by atoms with E-state index in [-0.39, 0.29) is 19.4 Å². The number of rotatable bonds is 1. The molecule has 1 atom stereocenters. The van der Waals surface area contributed by atoms with Crippen LogP contribution in [0.5, 0.6) is 0 Å². The van der Waals surface area contributed by atoms with Gasteiger partial charge in [0.05, 0.1) is 21.1 Å². The van der Waals surface area contributed by atoms with E-state index in [9.17, 15) is 14.4 Å². The molecule has 1 aromatic carbocycles. The Kier molecular flexibility index (Phi) is 3.35. The van der Waals surface area contributed by atoms with Gasteiger partial charge in [-0.3, -0.25) is 19.7 Å². The molecule has 3 N–H and O–H groups in total. The van der Waals surface area contributed by atoms with Gasteiger partial charge in [0.1, 0.15) is 7.85 Å². The molecule has 23 heavy (non-hydrogen) atoms. The third-order valence-electron chi connectivity index (χ3n) is 4.45. The highest BCUT2D eigenvalue weighted by Crippen LogP contribution is 2.38. The highest BCUT2D eigenvalue weighted by Gasteiger charge is 2.49. The van der Waals surface area contributed by atoms with E-state index in [1.54, 1.807) is 18.2 Å². The Balaban J connectivity index is 1.99. The van der Waals surface area contributed by atoms with Crippen molar-refractivity contribution in [3.8, 4) is 0 Å². The van der Waals surface area contributed by atoms with Crippen molar-refractivity contribution in [1.29, 1.82) is 0 Å². The summed E-state index contributed by atoms with van der Waals surface area (Å²) >= 11 is 0. The van der Waals surface area contributed by atoms with Crippen molar-refractivity contribution in [2.75, 3.05) is 5.73 Å². The lowest BCUT2D eigenvalue weighted by molar-refractivity contribution is -0.133. The Morgan fingerprint density at radius 2 is 1.78 bits per heavy atom. The van der Waals surface area contributed by atoms with Crippen molar-refractivity contribution < 1.29 is 14.4 Å². The van der Waals surface area contributed by atoms with E-state index in [0.717, 1.165) is 0 Å². The molecule has 1 fully saturated rings. The van der Waals surface area contributed by atoms with Crippen LogP contribution in [0.25, 0.3) is 0 Å². The molecule has 1 saturated heterocycles. The van der Waals surface area contributed by atoms with E-state index < -0.39 is 28.4 Å². The Hall–Kier alpha value is -2.18. The number of carbonyl (C=O) groups is 3. The Bertz CT molecular complexity index is 737. The molecule has 110 valence electrons. The zero-order valence-electron chi connectivity index (χ0n) is 12.3. The van der Waals surface area contributed by atoms with E-state index in [2.05, 4.69) is 5.32 Å². The number of anilines is 1. The molecule has 0 aliphatic carbocycles. The van der Waals surface area contributed by atoms with Gasteiger partial charge in [0.2, 0.25) is 11.8 Å². The van der Waals surface area contributed by atoms with Crippen molar-refractivity contribution in [1.82, 2.24) is 10.2 Å². The predicted octanol–water partition coefficient (Wildman–Crippen LogP) is -1.02. The second-order valence-corrected chi connectivity index (χ2v) is 6.01. The molecule has 3 amide bonds. The SMILES string of the molecule is [B]C1([B])CC[C@@]([B])(N2Cc3c(N)cccc3C2=O)C(=O)NC1=O. The maximum absolute atomic E-state index is 12.6. The smallest absolute Gasteiger partial charge is 0.254 e. The number of fused-ring (bicyclic) bond motifs is 1. The van der Waals surface area contributed by atoms with Gasteiger partial charge in [-0.2, -0.15) is 0 Å². The maximum atomic E-state index is 12.6. The highest BCUT2D eigenvalue weighted by atomic mass is 16.2. The summed E-state index contributed by atoms with van der Waals surface area (Å²) in [5, 5.41) is 0.367. The molecule has 2 aliphatic rings. The summed E-state index contributed by atoms with van der Waals surface area (Å²) in [6.45, 7) is 0.0844. The topological polar surface area (TPSA) is 92.5 Å². The fourth-order valence-electron chi connectivity index (χ4n) is 2.89. The molecule has 0 unspecified atom stereocenters. The van der Waals surface area contributed by atoms with Crippen LogP contribution in [-0.2, 0) is 16.1 Å². The molecule has 0 spiro atoms. The summed E-state index contributed by atoms with van der Waals surface area (Å²) in [6.07, 6.45) is -0.0894. The van der Waals surface area contributed by atoms with Crippen molar-refractivity contribution in [3.05, 3.63) is 29.3 Å². The summed E-state index contributed by atoms with van der Waals surface area (Å²) in [6, 6.07) is 4.94. The fraction of sp³-hybridized carbons (Fsp3) is 0.357. The molecule has 2 heterocycles. The van der Waals surface area contributed by atoms with Crippen LogP contribution in [0.4, 0.5) is 5.69 Å². The van der Waals surface area contributed by atoms with Gasteiger partial charge in [-0.05, 0) is 23.8 Å². The molecule has 9 heteroatoms. The van der Waals surface area contributed by atoms with Gasteiger partial charge in [0.15, 0.2) is 0 Å². The van der Waals surface area contributed by atoms with Crippen LogP contribution < -0.4 is 11.1 Å². The third-order valence-corrected chi connectivity index (χ3v) is 4.45. The van der Waals surface area contributed by atoms with Gasteiger partial charge in [0.25, 0.3) is 5.91 Å². The third kappa shape index (κ3) is 2.26. The summed E-state index contributed by atoms with van der Waals surface area (Å²) in [5.41, 5.74) is 5.61. The quantitative estimate of drug-likeness (QED) is 0.394. The average molecular weight is 303 g/mol. The van der Waals surface area contributed by atoms with E-state index in [4.69, 9.17) is 29.3 Å². The normalized spacial score (nSPS) is 26.6. The lowest BCUT2D eigenvalue weighted by Gasteiger charge is -2.37. The number of nitrogens with two attached hydrogens (primary N) is 1. The van der Waals surface area contributed by atoms with Crippen LogP contribution in [0.3, 0.4) is 0 Å². The maximum Gasteiger partial charge on any atom is 0.254 e. The van der Waals surface area contributed by atoms with E-state index in [1.807, 2.05) is 0 Å². The zero-order valence-corrected chi connectivity index (χ0v) is 12.3. The molecule has 0 aromatic heterocycles. The van der Waals surface area contributed by atoms with Crippen LogP contribution in [0.1, 0.15) is 28.8 Å². The van der Waals surface area contributed by atoms with E-state index in [0.29, 0.717) is 16.8 Å². The molecule has 6 nitrogen and oxygen atoms in total. The van der Waals surface area contributed by atoms with Crippen molar-refractivity contribution >= 4 is 46.9 Å². The number of nitrogen functional groups attached to an aromatic ring is 1. The standard InChI is InChI=1S/C14H12B3N3O3/c15-13(16)4-5-14(17,12(23)19-11(13)22)20-6-8-7(10(20)21)2-1-3-9(8)18/h1-3H,4-6,18H2,(H,19,22,23)/t14-/m1/s1. The van der Waals surface area contributed by atoms with Crippen molar-refractivity contribution in [2.24, 2.45) is 0 Å². The number of imide groups is 1. The van der Waals surface area contributed by atoms with E-state index in [1.165, 1.54) is 4.90 Å². The van der Waals surface area contributed by atoms with Gasteiger partial charge in [-0.1, -0.05) is 12.5 Å². The number of hydrogen-bond donors (Lipinski definition) is 2. The molecule has 0 bridgehead atoms. The van der Waals surface area contributed by atoms with Crippen LogP contribution in [-0.4, -0.2) is 51.6 Å². The second-order valence-electron chi connectivity index (χ2n) is 6.01. The number of amides is 3. The Morgan fingerprint density at radius 1 is 1.09 bits per heavy atom. The number of carbonyl (C=O) groups excluding carboxylic acids is 3. The fourth-order valence-corrected chi connectivity index (χ4v) is 2.89. The Morgan fingerprint density at radius 3 is 2.43 bits per heavy atom. The van der Waals surface area contributed by atoms with Gasteiger partial charge < -0.3 is 10.6 Å². The van der Waals surface area contributed by atoms with E-state index >= 15 is 0 Å². The minimum atomic E-state index is -1.72. The van der Waals surface area contributed by atoms with Crippen molar-refractivity contribution in [3.63, 3.8) is 0 Å². The number of nitrogens with zero attached hydrogens (tertiary/aromatic N) is 1. The van der Waals surface area contributed by atoms with Crippen LogP contribution in [0, 0.1) is 0 Å². The van der Waals surface area contributed by atoms with Gasteiger partial charge in [-0.15, -0.1) is 0 Å².